The molecule has 1 heterocycles. The molecule has 2 saturated carbocycles. The Morgan fingerprint density at radius 1 is 1.28 bits per heavy atom. The van der Waals surface area contributed by atoms with Crippen molar-refractivity contribution in [2.24, 2.45) is 23.2 Å². The van der Waals surface area contributed by atoms with E-state index in [1.54, 1.807) is 6.07 Å². The van der Waals surface area contributed by atoms with E-state index in [2.05, 4.69) is 13.8 Å². The van der Waals surface area contributed by atoms with Crippen molar-refractivity contribution in [1.82, 2.24) is 4.90 Å². The van der Waals surface area contributed by atoms with Crippen LogP contribution in [0.15, 0.2) is 12.1 Å². The van der Waals surface area contributed by atoms with E-state index in [-0.39, 0.29) is 17.0 Å². The first-order valence-electron chi connectivity index (χ1n) is 11.9. The van der Waals surface area contributed by atoms with E-state index in [1.165, 1.54) is 38.2 Å². The minimum absolute atomic E-state index is 0.0993. The lowest BCUT2D eigenvalue weighted by atomic mass is 9.60. The Morgan fingerprint density at radius 3 is 2.44 bits per heavy atom. The lowest BCUT2D eigenvalue weighted by Gasteiger charge is -2.47. The van der Waals surface area contributed by atoms with Gasteiger partial charge in [-0.15, -0.1) is 0 Å². The number of carboxylic acids is 1. The molecule has 1 aliphatic heterocycles. The zero-order chi connectivity index (χ0) is 23.5. The van der Waals surface area contributed by atoms with Crippen LogP contribution in [0.1, 0.15) is 74.7 Å². The predicted octanol–water partition coefficient (Wildman–Crippen LogP) is 5.34. The number of ether oxygens (including phenoxy) is 1. The maximum atomic E-state index is 13.8. The number of benzene rings is 1. The molecule has 0 amide bonds. The lowest BCUT2D eigenvalue weighted by Crippen LogP contribution is -2.39. The fourth-order valence-electron chi connectivity index (χ4n) is 6.23. The van der Waals surface area contributed by atoms with Crippen LogP contribution < -0.4 is 4.74 Å². The Morgan fingerprint density at radius 2 is 1.94 bits per heavy atom. The topological polar surface area (TPSA) is 66.8 Å². The summed E-state index contributed by atoms with van der Waals surface area (Å²) in [5.74, 6) is 1.88. The number of aliphatic carboxylic acids is 1. The summed E-state index contributed by atoms with van der Waals surface area (Å²) in [5, 5.41) is 8.54. The molecule has 1 N–H and O–H groups in total. The van der Waals surface area contributed by atoms with Gasteiger partial charge in [-0.25, -0.2) is 4.39 Å². The first kappa shape index (κ1) is 24.7. The van der Waals surface area contributed by atoms with E-state index in [4.69, 9.17) is 9.84 Å². The van der Waals surface area contributed by atoms with Gasteiger partial charge < -0.3 is 9.84 Å². The normalized spacial score (nSPS) is 32.0. The lowest BCUT2D eigenvalue weighted by molar-refractivity contribution is -0.141. The first-order chi connectivity index (χ1) is 15.1. The third kappa shape index (κ3) is 6.09. The van der Waals surface area contributed by atoms with Crippen molar-refractivity contribution in [3.8, 4) is 5.75 Å². The van der Waals surface area contributed by atoms with Gasteiger partial charge in [0.25, 0.3) is 0 Å². The number of aryl methyl sites for hydroxylation is 1. The molecule has 1 aromatic rings. The second-order valence-corrected chi connectivity index (χ2v) is 10.8. The van der Waals surface area contributed by atoms with Gasteiger partial charge in [-0.1, -0.05) is 13.8 Å². The molecule has 0 radical (unpaired) electrons. The van der Waals surface area contributed by atoms with E-state index < -0.39 is 11.8 Å². The van der Waals surface area contributed by atoms with E-state index >= 15 is 0 Å². The van der Waals surface area contributed by atoms with Gasteiger partial charge in [-0.2, -0.15) is 0 Å². The Balaban J connectivity index is 0.000000269. The highest BCUT2D eigenvalue weighted by atomic mass is 19.1. The van der Waals surface area contributed by atoms with Crippen LogP contribution in [0.3, 0.4) is 0 Å². The minimum atomic E-state index is -0.685. The molecule has 6 heteroatoms. The van der Waals surface area contributed by atoms with Crippen LogP contribution in [0.4, 0.5) is 4.39 Å². The molecule has 3 unspecified atom stereocenters. The van der Waals surface area contributed by atoms with Crippen LogP contribution in [0.25, 0.3) is 0 Å². The number of likely N-dealkylation sites (tertiary alicyclic amines) is 1. The Bertz CT molecular complexity index is 808. The summed E-state index contributed by atoms with van der Waals surface area (Å²) in [6, 6.07) is 2.70. The molecule has 1 aromatic carbocycles. The number of carbonyl (C=O) groups is 2. The minimum Gasteiger partial charge on any atom is -0.493 e. The van der Waals surface area contributed by atoms with E-state index in [0.717, 1.165) is 42.7 Å². The average Bonchev–Trinajstić information content (AvgIpc) is 3.14. The maximum Gasteiger partial charge on any atom is 0.320 e. The van der Waals surface area contributed by atoms with Crippen molar-refractivity contribution in [1.29, 1.82) is 0 Å². The van der Waals surface area contributed by atoms with Crippen molar-refractivity contribution in [3.05, 3.63) is 29.1 Å². The molecular formula is C26H38FNO4. The molecule has 0 spiro atoms. The zero-order valence-electron chi connectivity index (χ0n) is 19.9. The van der Waals surface area contributed by atoms with E-state index in [9.17, 15) is 14.0 Å². The molecular weight excluding hydrogens is 409 g/mol. The highest BCUT2D eigenvalue weighted by molar-refractivity contribution is 5.76. The summed E-state index contributed by atoms with van der Waals surface area (Å²) >= 11 is 0. The molecule has 3 atom stereocenters. The summed E-state index contributed by atoms with van der Waals surface area (Å²) in [6.45, 7) is 8.11. The van der Waals surface area contributed by atoms with Crippen LogP contribution in [0.2, 0.25) is 0 Å². The SMILES string of the molecule is CN1CCCC1C(=O)O.Cc1cc(C=O)c(F)cc1OCC1(C)CC2CC(C)CC(C2)C1. The van der Waals surface area contributed by atoms with E-state index in [1.807, 2.05) is 18.9 Å². The maximum absolute atomic E-state index is 13.8. The standard InChI is InChI=1S/C20H27FO2.C6H11NO2/c1-13-4-15-7-16(5-13)10-20(3,9-15)12-23-19-8-18(21)17(11-22)6-14(19)2;1-7-4-2-3-5(7)6(8)9/h6,8,11,13,15-16H,4-5,7,9-10,12H2,1-3H3;5H,2-4H2,1H3,(H,8,9). The Hall–Kier alpha value is -1.95. The monoisotopic (exact) mass is 447 g/mol. The van der Waals surface area contributed by atoms with Crippen LogP contribution in [0.5, 0.6) is 5.75 Å². The predicted molar refractivity (Wildman–Crippen MR) is 123 cm³/mol. The molecule has 2 aliphatic carbocycles. The molecule has 4 rings (SSSR count). The Labute approximate surface area is 191 Å². The zero-order valence-corrected chi connectivity index (χ0v) is 19.9. The van der Waals surface area contributed by atoms with E-state index in [0.29, 0.717) is 18.6 Å². The number of fused-ring (bicyclic) bond motifs is 2. The summed E-state index contributed by atoms with van der Waals surface area (Å²) in [5.41, 5.74) is 1.10. The fraction of sp³-hybridized carbons (Fsp3) is 0.692. The highest BCUT2D eigenvalue weighted by Gasteiger charge is 2.41. The first-order valence-corrected chi connectivity index (χ1v) is 11.9. The largest absolute Gasteiger partial charge is 0.493 e. The average molecular weight is 448 g/mol. The van der Waals surface area contributed by atoms with Crippen molar-refractivity contribution >= 4 is 12.3 Å². The van der Waals surface area contributed by atoms with Gasteiger partial charge in [0.2, 0.25) is 0 Å². The van der Waals surface area contributed by atoms with Crippen LogP contribution >= 0.6 is 0 Å². The van der Waals surface area contributed by atoms with Crippen molar-refractivity contribution in [3.63, 3.8) is 0 Å². The molecule has 32 heavy (non-hydrogen) atoms. The number of nitrogens with zero attached hydrogens (tertiary/aromatic N) is 1. The second-order valence-electron chi connectivity index (χ2n) is 10.8. The van der Waals surface area contributed by atoms with Crippen LogP contribution in [-0.2, 0) is 4.79 Å². The number of hydrogen-bond acceptors (Lipinski definition) is 4. The molecule has 5 nitrogen and oxygen atoms in total. The van der Waals surface area contributed by atoms with Crippen molar-refractivity contribution < 1.29 is 23.8 Å². The molecule has 2 bridgehead atoms. The third-order valence-electron chi connectivity index (χ3n) is 7.50. The molecule has 3 aliphatic rings. The van der Waals surface area contributed by atoms with Gasteiger partial charge >= 0.3 is 5.97 Å². The number of aldehydes is 1. The van der Waals surface area contributed by atoms with Gasteiger partial charge in [0.05, 0.1) is 12.2 Å². The van der Waals surface area contributed by atoms with Gasteiger partial charge in [-0.05, 0) is 94.8 Å². The number of carbonyl (C=O) groups excluding carboxylic acids is 1. The van der Waals surface area contributed by atoms with Gasteiger partial charge in [0.15, 0.2) is 6.29 Å². The third-order valence-corrected chi connectivity index (χ3v) is 7.50. The fourth-order valence-corrected chi connectivity index (χ4v) is 6.23. The smallest absolute Gasteiger partial charge is 0.320 e. The highest BCUT2D eigenvalue weighted by Crippen LogP contribution is 2.50. The summed E-state index contributed by atoms with van der Waals surface area (Å²) in [4.78, 5) is 23.1. The van der Waals surface area contributed by atoms with Crippen molar-refractivity contribution in [2.45, 2.75) is 71.8 Å². The van der Waals surface area contributed by atoms with Gasteiger partial charge in [-0.3, -0.25) is 14.5 Å². The molecule has 0 aromatic heterocycles. The summed E-state index contributed by atoms with van der Waals surface area (Å²) in [7, 11) is 1.85. The van der Waals surface area contributed by atoms with Gasteiger partial charge in [0, 0.05) is 11.5 Å². The summed E-state index contributed by atoms with van der Waals surface area (Å²) in [6.07, 6.45) is 8.86. The molecule has 3 fully saturated rings. The van der Waals surface area contributed by atoms with Crippen LogP contribution in [0, 0.1) is 35.9 Å². The number of hydrogen-bond donors (Lipinski definition) is 1. The number of halogens is 1. The second kappa shape index (κ2) is 10.3. The molecule has 1 saturated heterocycles. The number of likely N-dealkylation sites (N-methyl/N-ethyl adjacent to an activating group) is 1. The number of rotatable bonds is 5. The number of carboxylic acid groups (broad SMARTS) is 1. The van der Waals surface area contributed by atoms with Crippen molar-refractivity contribution in [2.75, 3.05) is 20.2 Å². The Kier molecular flexibility index (Phi) is 7.97. The molecule has 178 valence electrons. The van der Waals surface area contributed by atoms with Crippen LogP contribution in [-0.4, -0.2) is 48.5 Å². The summed E-state index contributed by atoms with van der Waals surface area (Å²) < 4.78 is 19.8. The quantitative estimate of drug-likeness (QED) is 0.617. The van der Waals surface area contributed by atoms with Gasteiger partial charge in [0.1, 0.15) is 17.6 Å².